The molecule has 0 spiro atoms. The van der Waals surface area contributed by atoms with Gasteiger partial charge in [0.25, 0.3) is 0 Å². The zero-order chi connectivity index (χ0) is 13.9. The van der Waals surface area contributed by atoms with E-state index in [2.05, 4.69) is 17.6 Å². The van der Waals surface area contributed by atoms with Gasteiger partial charge in [-0.1, -0.05) is 6.92 Å². The van der Waals surface area contributed by atoms with Gasteiger partial charge >= 0.3 is 0 Å². The second-order valence-corrected chi connectivity index (χ2v) is 6.04. The van der Waals surface area contributed by atoms with Crippen molar-refractivity contribution in [3.63, 3.8) is 0 Å². The highest BCUT2D eigenvalue weighted by atomic mass is 16.7. The van der Waals surface area contributed by atoms with E-state index in [0.717, 1.165) is 32.4 Å². The molecule has 2 heterocycles. The van der Waals surface area contributed by atoms with Crippen molar-refractivity contribution in [3.8, 4) is 0 Å². The molecule has 19 heavy (non-hydrogen) atoms. The minimum absolute atomic E-state index is 0.0328. The molecular weight excluding hydrogens is 244 g/mol. The lowest BCUT2D eigenvalue weighted by Gasteiger charge is -2.35. The third kappa shape index (κ3) is 3.46. The molecule has 2 aliphatic heterocycles. The molecule has 0 aromatic rings. The maximum absolute atomic E-state index is 12.4. The number of amides is 1. The fraction of sp³-hybridized carbons (Fsp3) is 0.929. The van der Waals surface area contributed by atoms with Crippen molar-refractivity contribution in [1.29, 1.82) is 0 Å². The summed E-state index contributed by atoms with van der Waals surface area (Å²) in [6, 6.07) is 0. The largest absolute Gasteiger partial charge is 0.353 e. The first-order valence-corrected chi connectivity index (χ1v) is 7.28. The van der Waals surface area contributed by atoms with Gasteiger partial charge in [0.05, 0.1) is 12.0 Å². The minimum Gasteiger partial charge on any atom is -0.353 e. The summed E-state index contributed by atoms with van der Waals surface area (Å²) in [5.74, 6) is -0.350. The van der Waals surface area contributed by atoms with E-state index >= 15 is 0 Å². The van der Waals surface area contributed by atoms with Crippen LogP contribution in [0.25, 0.3) is 0 Å². The fourth-order valence-corrected chi connectivity index (χ4v) is 2.90. The summed E-state index contributed by atoms with van der Waals surface area (Å²) in [5.41, 5.74) is -0.194. The standard InChI is InChI=1S/C14H26N2O3/c1-4-14(5-7-15-8-6-14)12(17)16-9-11-10-18-13(2,3)19-11/h11,15H,4-10H2,1-3H3,(H,16,17). The Balaban J connectivity index is 1.83. The van der Waals surface area contributed by atoms with Crippen LogP contribution < -0.4 is 10.6 Å². The number of hydrogen-bond donors (Lipinski definition) is 2. The van der Waals surface area contributed by atoms with Crippen LogP contribution in [0.1, 0.15) is 40.0 Å². The first-order valence-electron chi connectivity index (χ1n) is 7.28. The van der Waals surface area contributed by atoms with Gasteiger partial charge in [0.15, 0.2) is 5.79 Å². The van der Waals surface area contributed by atoms with E-state index in [4.69, 9.17) is 9.47 Å². The molecule has 110 valence electrons. The molecule has 5 nitrogen and oxygen atoms in total. The van der Waals surface area contributed by atoms with Crippen molar-refractivity contribution in [1.82, 2.24) is 10.6 Å². The van der Waals surface area contributed by atoms with Gasteiger partial charge in [0.1, 0.15) is 6.10 Å². The number of rotatable bonds is 4. The summed E-state index contributed by atoms with van der Waals surface area (Å²) in [4.78, 5) is 12.4. The summed E-state index contributed by atoms with van der Waals surface area (Å²) in [5, 5.41) is 6.36. The lowest BCUT2D eigenvalue weighted by Crippen LogP contribution is -2.49. The number of nitrogens with one attached hydrogen (secondary N) is 2. The Morgan fingerprint density at radius 2 is 2.05 bits per heavy atom. The zero-order valence-corrected chi connectivity index (χ0v) is 12.3. The second kappa shape index (κ2) is 5.77. The number of carbonyl (C=O) groups excluding carboxylic acids is 1. The van der Waals surface area contributed by atoms with Crippen molar-refractivity contribution in [2.24, 2.45) is 5.41 Å². The van der Waals surface area contributed by atoms with E-state index in [0.29, 0.717) is 13.2 Å². The highest BCUT2D eigenvalue weighted by Gasteiger charge is 2.39. The molecule has 0 aromatic heterocycles. The summed E-state index contributed by atoms with van der Waals surface area (Å²) >= 11 is 0. The van der Waals surface area contributed by atoms with Crippen molar-refractivity contribution >= 4 is 5.91 Å². The molecule has 1 unspecified atom stereocenters. The molecule has 0 radical (unpaired) electrons. The SMILES string of the molecule is CCC1(C(=O)NCC2COC(C)(C)O2)CCNCC1. The van der Waals surface area contributed by atoms with E-state index in [1.165, 1.54) is 0 Å². The average Bonchev–Trinajstić information content (AvgIpc) is 2.76. The maximum Gasteiger partial charge on any atom is 0.226 e. The van der Waals surface area contributed by atoms with Gasteiger partial charge in [-0.15, -0.1) is 0 Å². The van der Waals surface area contributed by atoms with Crippen molar-refractivity contribution < 1.29 is 14.3 Å². The molecule has 0 aliphatic carbocycles. The molecule has 2 rings (SSSR count). The van der Waals surface area contributed by atoms with Crippen LogP contribution in [0.15, 0.2) is 0 Å². The van der Waals surface area contributed by atoms with Crippen LogP contribution in [-0.2, 0) is 14.3 Å². The first kappa shape index (κ1) is 14.8. The van der Waals surface area contributed by atoms with E-state index in [-0.39, 0.29) is 17.4 Å². The summed E-state index contributed by atoms with van der Waals surface area (Å²) in [6.07, 6.45) is 2.70. The van der Waals surface area contributed by atoms with Gasteiger partial charge in [-0.3, -0.25) is 4.79 Å². The predicted octanol–water partition coefficient (Wildman–Crippen LogP) is 1.03. The summed E-state index contributed by atoms with van der Waals surface area (Å²) < 4.78 is 11.2. The van der Waals surface area contributed by atoms with E-state index in [1.807, 2.05) is 13.8 Å². The fourth-order valence-electron chi connectivity index (χ4n) is 2.90. The monoisotopic (exact) mass is 270 g/mol. The summed E-state index contributed by atoms with van der Waals surface area (Å²) in [6.45, 7) is 8.84. The number of hydrogen-bond acceptors (Lipinski definition) is 4. The molecule has 2 N–H and O–H groups in total. The van der Waals surface area contributed by atoms with Crippen LogP contribution in [-0.4, -0.2) is 44.0 Å². The molecule has 0 aromatic carbocycles. The van der Waals surface area contributed by atoms with Crippen LogP contribution in [0.4, 0.5) is 0 Å². The Kier molecular flexibility index (Phi) is 4.48. The van der Waals surface area contributed by atoms with Gasteiger partial charge in [0, 0.05) is 6.54 Å². The lowest BCUT2D eigenvalue weighted by molar-refractivity contribution is -0.142. The average molecular weight is 270 g/mol. The van der Waals surface area contributed by atoms with Crippen LogP contribution in [0.3, 0.4) is 0 Å². The summed E-state index contributed by atoms with van der Waals surface area (Å²) in [7, 11) is 0. The van der Waals surface area contributed by atoms with Crippen molar-refractivity contribution in [2.45, 2.75) is 51.9 Å². The van der Waals surface area contributed by atoms with Gasteiger partial charge in [0.2, 0.25) is 5.91 Å². The maximum atomic E-state index is 12.4. The van der Waals surface area contributed by atoms with Gasteiger partial charge in [-0.2, -0.15) is 0 Å². The quantitative estimate of drug-likeness (QED) is 0.801. The Morgan fingerprint density at radius 3 is 2.58 bits per heavy atom. The van der Waals surface area contributed by atoms with E-state index < -0.39 is 5.79 Å². The second-order valence-electron chi connectivity index (χ2n) is 6.04. The highest BCUT2D eigenvalue weighted by molar-refractivity contribution is 5.82. The predicted molar refractivity (Wildman–Crippen MR) is 72.7 cm³/mol. The van der Waals surface area contributed by atoms with Crippen LogP contribution in [0.2, 0.25) is 0 Å². The molecule has 1 atom stereocenters. The smallest absolute Gasteiger partial charge is 0.226 e. The molecule has 1 amide bonds. The Morgan fingerprint density at radius 1 is 1.37 bits per heavy atom. The van der Waals surface area contributed by atoms with E-state index in [9.17, 15) is 4.79 Å². The molecule has 2 saturated heterocycles. The molecule has 5 heteroatoms. The molecular formula is C14H26N2O3. The van der Waals surface area contributed by atoms with E-state index in [1.54, 1.807) is 0 Å². The molecule has 2 aliphatic rings. The lowest BCUT2D eigenvalue weighted by atomic mass is 9.76. The van der Waals surface area contributed by atoms with Crippen molar-refractivity contribution in [3.05, 3.63) is 0 Å². The third-order valence-corrected chi connectivity index (χ3v) is 4.28. The zero-order valence-electron chi connectivity index (χ0n) is 12.3. The van der Waals surface area contributed by atoms with Crippen molar-refractivity contribution in [2.75, 3.05) is 26.2 Å². The topological polar surface area (TPSA) is 59.6 Å². The normalized spacial score (nSPS) is 29.1. The Labute approximate surface area is 115 Å². The van der Waals surface area contributed by atoms with Crippen LogP contribution >= 0.6 is 0 Å². The minimum atomic E-state index is -0.521. The Hall–Kier alpha value is -0.650. The first-order chi connectivity index (χ1) is 8.97. The number of ether oxygens (including phenoxy) is 2. The van der Waals surface area contributed by atoms with Crippen LogP contribution in [0.5, 0.6) is 0 Å². The third-order valence-electron chi connectivity index (χ3n) is 4.28. The molecule has 0 bridgehead atoms. The van der Waals surface area contributed by atoms with Gasteiger partial charge in [-0.05, 0) is 46.2 Å². The molecule has 0 saturated carbocycles. The Bertz CT molecular complexity index is 325. The van der Waals surface area contributed by atoms with Crippen LogP contribution in [0, 0.1) is 5.41 Å². The molecule has 2 fully saturated rings. The number of piperidine rings is 1. The van der Waals surface area contributed by atoms with Gasteiger partial charge in [-0.25, -0.2) is 0 Å². The number of carbonyl (C=O) groups is 1. The highest BCUT2D eigenvalue weighted by Crippen LogP contribution is 2.32. The van der Waals surface area contributed by atoms with Gasteiger partial charge < -0.3 is 20.1 Å².